The van der Waals surface area contributed by atoms with Gasteiger partial charge in [0.1, 0.15) is 23.0 Å². The Morgan fingerprint density at radius 1 is 1.24 bits per heavy atom. The molecule has 10 heteroatoms. The third-order valence-electron chi connectivity index (χ3n) is 6.20. The highest BCUT2D eigenvalue weighted by Crippen LogP contribution is 2.28. The number of halogens is 2. The van der Waals surface area contributed by atoms with Crippen LogP contribution in [0.25, 0.3) is 11.0 Å². The van der Waals surface area contributed by atoms with Crippen LogP contribution in [0.15, 0.2) is 29.1 Å². The zero-order valence-corrected chi connectivity index (χ0v) is 18.2. The summed E-state index contributed by atoms with van der Waals surface area (Å²) in [5.41, 5.74) is 0.782. The molecule has 2 aromatic heterocycles. The van der Waals surface area contributed by atoms with E-state index in [4.69, 9.17) is 4.74 Å². The molecule has 0 radical (unpaired) electrons. The van der Waals surface area contributed by atoms with Gasteiger partial charge >= 0.3 is 0 Å². The fraction of sp³-hybridized carbons (Fsp3) is 0.391. The van der Waals surface area contributed by atoms with Gasteiger partial charge < -0.3 is 15.0 Å². The molecule has 2 atom stereocenters. The van der Waals surface area contributed by atoms with E-state index in [1.54, 1.807) is 19.1 Å². The average molecular weight is 455 g/mol. The van der Waals surface area contributed by atoms with Gasteiger partial charge in [-0.3, -0.25) is 14.5 Å². The number of hydrogen-bond donors (Lipinski definition) is 2. The van der Waals surface area contributed by atoms with Crippen LogP contribution in [0, 0.1) is 18.7 Å². The highest BCUT2D eigenvalue weighted by Gasteiger charge is 2.38. The summed E-state index contributed by atoms with van der Waals surface area (Å²) in [6.07, 6.45) is 1.56. The van der Waals surface area contributed by atoms with Gasteiger partial charge in [-0.25, -0.2) is 14.4 Å². The van der Waals surface area contributed by atoms with Gasteiger partial charge in [0.05, 0.1) is 5.52 Å². The molecule has 0 bridgehead atoms. The summed E-state index contributed by atoms with van der Waals surface area (Å²) in [7, 11) is 0. The number of hydrogen-bond acceptors (Lipinski definition) is 6. The SMILES string of the molecule is Cc1nc2ccc(CN3C[C@H](Oc4ccc(C(=O)NC5CC5)nc4F)[C@H]3C)c(F)c2[nH]c1=O. The fourth-order valence-electron chi connectivity index (χ4n) is 3.87. The van der Waals surface area contributed by atoms with E-state index in [1.807, 2.05) is 11.8 Å². The van der Waals surface area contributed by atoms with Crippen LogP contribution >= 0.6 is 0 Å². The summed E-state index contributed by atoms with van der Waals surface area (Å²) in [5.74, 6) is -1.76. The molecule has 1 aliphatic heterocycles. The number of carbonyl (C=O) groups excluding carboxylic acids is 1. The lowest BCUT2D eigenvalue weighted by Crippen LogP contribution is -2.60. The van der Waals surface area contributed by atoms with Crippen molar-refractivity contribution in [2.45, 2.75) is 51.4 Å². The average Bonchev–Trinajstić information content (AvgIpc) is 3.60. The molecule has 1 saturated heterocycles. The van der Waals surface area contributed by atoms with Crippen LogP contribution in [-0.4, -0.2) is 50.5 Å². The number of likely N-dealkylation sites (tertiary alicyclic amines) is 1. The number of benzene rings is 1. The zero-order valence-electron chi connectivity index (χ0n) is 18.2. The number of H-pyrrole nitrogens is 1. The topological polar surface area (TPSA) is 100 Å². The van der Waals surface area contributed by atoms with E-state index in [1.165, 1.54) is 12.1 Å². The molecule has 3 aromatic rings. The quantitative estimate of drug-likeness (QED) is 0.554. The van der Waals surface area contributed by atoms with Crippen molar-refractivity contribution in [2.24, 2.45) is 0 Å². The first-order valence-corrected chi connectivity index (χ1v) is 10.9. The summed E-state index contributed by atoms with van der Waals surface area (Å²) in [6.45, 7) is 4.24. The van der Waals surface area contributed by atoms with Crippen molar-refractivity contribution in [3.63, 3.8) is 0 Å². The number of aromatic amines is 1. The molecule has 2 aliphatic rings. The van der Waals surface area contributed by atoms with Crippen LogP contribution in [0.3, 0.4) is 0 Å². The van der Waals surface area contributed by atoms with E-state index >= 15 is 0 Å². The number of ether oxygens (including phenoxy) is 1. The van der Waals surface area contributed by atoms with Crippen molar-refractivity contribution in [3.8, 4) is 5.75 Å². The summed E-state index contributed by atoms with van der Waals surface area (Å²) >= 11 is 0. The summed E-state index contributed by atoms with van der Waals surface area (Å²) in [6, 6.07) is 6.24. The van der Waals surface area contributed by atoms with Crippen LogP contribution in [0.4, 0.5) is 8.78 Å². The predicted molar refractivity (Wildman–Crippen MR) is 116 cm³/mol. The molecule has 3 heterocycles. The van der Waals surface area contributed by atoms with Crippen LogP contribution < -0.4 is 15.6 Å². The lowest BCUT2D eigenvalue weighted by molar-refractivity contribution is -0.0437. The third kappa shape index (κ3) is 4.18. The van der Waals surface area contributed by atoms with Crippen molar-refractivity contribution in [3.05, 3.63) is 63.3 Å². The van der Waals surface area contributed by atoms with Gasteiger partial charge in [-0.2, -0.15) is 4.39 Å². The predicted octanol–water partition coefficient (Wildman–Crippen LogP) is 2.45. The normalized spacial score (nSPS) is 20.5. The molecular weight excluding hydrogens is 432 g/mol. The van der Waals surface area contributed by atoms with Gasteiger partial charge in [0.2, 0.25) is 0 Å². The molecule has 1 aliphatic carbocycles. The molecular formula is C23H23F2N5O3. The lowest BCUT2D eigenvalue weighted by Gasteiger charge is -2.45. The van der Waals surface area contributed by atoms with Crippen LogP contribution in [0.1, 0.15) is 41.5 Å². The van der Waals surface area contributed by atoms with E-state index in [0.29, 0.717) is 24.2 Å². The molecule has 1 aromatic carbocycles. The van der Waals surface area contributed by atoms with E-state index in [-0.39, 0.29) is 40.8 Å². The molecule has 8 nitrogen and oxygen atoms in total. The third-order valence-corrected chi connectivity index (χ3v) is 6.20. The van der Waals surface area contributed by atoms with E-state index < -0.39 is 23.2 Å². The first-order valence-electron chi connectivity index (χ1n) is 10.9. The largest absolute Gasteiger partial charge is 0.483 e. The van der Waals surface area contributed by atoms with Crippen molar-refractivity contribution in [2.75, 3.05) is 6.54 Å². The summed E-state index contributed by atoms with van der Waals surface area (Å²) in [5, 5.41) is 2.77. The van der Waals surface area contributed by atoms with Gasteiger partial charge in [-0.1, -0.05) is 6.07 Å². The van der Waals surface area contributed by atoms with Gasteiger partial charge in [-0.15, -0.1) is 0 Å². The first-order chi connectivity index (χ1) is 15.8. The van der Waals surface area contributed by atoms with Crippen LogP contribution in [0.5, 0.6) is 5.75 Å². The number of rotatable bonds is 6. The second-order valence-electron chi connectivity index (χ2n) is 8.64. The van der Waals surface area contributed by atoms with Crippen molar-refractivity contribution < 1.29 is 18.3 Å². The maximum absolute atomic E-state index is 15.0. The Balaban J connectivity index is 1.23. The summed E-state index contributed by atoms with van der Waals surface area (Å²) in [4.78, 5) is 36.2. The Morgan fingerprint density at radius 3 is 2.73 bits per heavy atom. The van der Waals surface area contributed by atoms with Crippen molar-refractivity contribution >= 4 is 16.9 Å². The molecule has 1 saturated carbocycles. The van der Waals surface area contributed by atoms with Gasteiger partial charge in [-0.05, 0) is 44.9 Å². The number of fused-ring (bicyclic) bond motifs is 1. The molecule has 2 N–H and O–H groups in total. The number of nitrogens with one attached hydrogen (secondary N) is 2. The van der Waals surface area contributed by atoms with Gasteiger partial charge in [0, 0.05) is 30.7 Å². The minimum atomic E-state index is -0.837. The minimum Gasteiger partial charge on any atom is -0.483 e. The fourth-order valence-corrected chi connectivity index (χ4v) is 3.87. The number of pyridine rings is 1. The van der Waals surface area contributed by atoms with Crippen molar-refractivity contribution in [1.29, 1.82) is 0 Å². The molecule has 1 amide bonds. The zero-order chi connectivity index (χ0) is 23.3. The number of aryl methyl sites for hydroxylation is 1. The van der Waals surface area contributed by atoms with E-state index in [0.717, 1.165) is 12.8 Å². The summed E-state index contributed by atoms with van der Waals surface area (Å²) < 4.78 is 35.1. The Kier molecular flexibility index (Phi) is 5.32. The molecule has 2 fully saturated rings. The Hall–Kier alpha value is -3.40. The number of amides is 1. The highest BCUT2D eigenvalue weighted by atomic mass is 19.1. The number of aromatic nitrogens is 3. The molecule has 33 heavy (non-hydrogen) atoms. The van der Waals surface area contributed by atoms with Gasteiger partial charge in [0.25, 0.3) is 17.4 Å². The Labute approximate surface area is 188 Å². The van der Waals surface area contributed by atoms with E-state index in [2.05, 4.69) is 20.3 Å². The van der Waals surface area contributed by atoms with Crippen molar-refractivity contribution in [1.82, 2.24) is 25.2 Å². The Bertz CT molecular complexity index is 1310. The molecule has 172 valence electrons. The molecule has 5 rings (SSSR count). The number of nitrogens with zero attached hydrogens (tertiary/aromatic N) is 3. The lowest BCUT2D eigenvalue weighted by atomic mass is 9.99. The second kappa shape index (κ2) is 8.18. The van der Waals surface area contributed by atoms with Gasteiger partial charge in [0.15, 0.2) is 11.6 Å². The van der Waals surface area contributed by atoms with Crippen LogP contribution in [0.2, 0.25) is 0 Å². The highest BCUT2D eigenvalue weighted by molar-refractivity contribution is 5.92. The maximum Gasteiger partial charge on any atom is 0.270 e. The molecule has 0 unspecified atom stereocenters. The van der Waals surface area contributed by atoms with Crippen LogP contribution in [-0.2, 0) is 6.54 Å². The Morgan fingerprint density at radius 2 is 2.03 bits per heavy atom. The van der Waals surface area contributed by atoms with E-state index in [9.17, 15) is 18.4 Å². The number of carbonyl (C=O) groups is 1. The maximum atomic E-state index is 15.0. The smallest absolute Gasteiger partial charge is 0.270 e. The second-order valence-corrected chi connectivity index (χ2v) is 8.64. The first kappa shape index (κ1) is 21.4. The molecule has 0 spiro atoms. The standard InChI is InChI=1S/C23H23F2N5O3/c1-11-22(31)29-20-15(26-11)6-3-13(19(20)24)9-30-10-18(12(30)2)33-17-8-7-16(28-21(17)25)23(32)27-14-4-5-14/h3,6-8,12,14,18H,4-5,9-10H2,1-2H3,(H,27,32)(H,29,31)/t12-,18+/m1/s1. The minimum absolute atomic E-state index is 0.0181. The monoisotopic (exact) mass is 455 g/mol.